The SMILES string of the molecule is COc1ccc(NC(=O)[C@H]2CCCN(c3cnc4nccnc4c3)C2)cc1Cl. The largest absolute Gasteiger partial charge is 0.495 e. The van der Waals surface area contributed by atoms with E-state index in [1.165, 1.54) is 0 Å². The molecule has 0 bridgehead atoms. The number of halogens is 1. The van der Waals surface area contributed by atoms with Crippen molar-refractivity contribution in [3.05, 3.63) is 47.9 Å². The van der Waals surface area contributed by atoms with E-state index in [-0.39, 0.29) is 11.8 Å². The highest BCUT2D eigenvalue weighted by atomic mass is 35.5. The molecule has 1 saturated heterocycles. The second kappa shape index (κ2) is 7.98. The molecule has 2 aromatic heterocycles. The van der Waals surface area contributed by atoms with E-state index in [0.29, 0.717) is 28.7 Å². The lowest BCUT2D eigenvalue weighted by atomic mass is 9.96. The summed E-state index contributed by atoms with van der Waals surface area (Å²) in [6.07, 6.45) is 6.84. The van der Waals surface area contributed by atoms with Gasteiger partial charge in [0, 0.05) is 31.2 Å². The molecule has 0 aliphatic carbocycles. The number of piperidine rings is 1. The number of pyridine rings is 1. The van der Waals surface area contributed by atoms with E-state index in [0.717, 1.165) is 30.6 Å². The Bertz CT molecular complexity index is 1010. The van der Waals surface area contributed by atoms with Gasteiger partial charge in [0.25, 0.3) is 0 Å². The van der Waals surface area contributed by atoms with E-state index in [1.807, 2.05) is 6.07 Å². The summed E-state index contributed by atoms with van der Waals surface area (Å²) < 4.78 is 5.15. The lowest BCUT2D eigenvalue weighted by Gasteiger charge is -2.33. The third-order valence-corrected chi connectivity index (χ3v) is 5.18. The van der Waals surface area contributed by atoms with Gasteiger partial charge in [-0.05, 0) is 37.1 Å². The molecule has 1 aliphatic heterocycles. The van der Waals surface area contributed by atoms with Crippen molar-refractivity contribution in [3.8, 4) is 5.75 Å². The quantitative estimate of drug-likeness (QED) is 0.725. The Morgan fingerprint density at radius 2 is 2.11 bits per heavy atom. The molecule has 0 saturated carbocycles. The number of hydrogen-bond acceptors (Lipinski definition) is 6. The molecule has 0 radical (unpaired) electrons. The summed E-state index contributed by atoms with van der Waals surface area (Å²) in [5.74, 6) is 0.446. The summed E-state index contributed by atoms with van der Waals surface area (Å²) in [6.45, 7) is 1.51. The fraction of sp³-hybridized carbons (Fsp3) is 0.300. The number of nitrogens with zero attached hydrogens (tertiary/aromatic N) is 4. The van der Waals surface area contributed by atoms with Crippen LogP contribution >= 0.6 is 11.6 Å². The molecule has 3 heterocycles. The van der Waals surface area contributed by atoms with Crippen molar-refractivity contribution >= 4 is 40.0 Å². The predicted molar refractivity (Wildman–Crippen MR) is 109 cm³/mol. The maximum Gasteiger partial charge on any atom is 0.229 e. The van der Waals surface area contributed by atoms with Crippen LogP contribution in [0.4, 0.5) is 11.4 Å². The minimum Gasteiger partial charge on any atom is -0.495 e. The molecular weight excluding hydrogens is 378 g/mol. The molecule has 4 rings (SSSR count). The Morgan fingerprint density at radius 1 is 1.25 bits per heavy atom. The highest BCUT2D eigenvalue weighted by Crippen LogP contribution is 2.29. The molecule has 7 nitrogen and oxygen atoms in total. The number of carbonyl (C=O) groups is 1. The maximum absolute atomic E-state index is 12.8. The first-order valence-electron chi connectivity index (χ1n) is 9.10. The molecule has 0 spiro atoms. The molecule has 8 heteroatoms. The minimum absolute atomic E-state index is 0.0144. The fourth-order valence-corrected chi connectivity index (χ4v) is 3.69. The van der Waals surface area contributed by atoms with Crippen molar-refractivity contribution in [1.29, 1.82) is 0 Å². The first-order valence-corrected chi connectivity index (χ1v) is 9.48. The maximum atomic E-state index is 12.8. The van der Waals surface area contributed by atoms with Crippen LogP contribution in [0.5, 0.6) is 5.75 Å². The normalized spacial score (nSPS) is 16.8. The van der Waals surface area contributed by atoms with Crippen LogP contribution in [0.25, 0.3) is 11.2 Å². The average molecular weight is 398 g/mol. The van der Waals surface area contributed by atoms with Gasteiger partial charge in [-0.25, -0.2) is 9.97 Å². The minimum atomic E-state index is -0.118. The zero-order valence-electron chi connectivity index (χ0n) is 15.4. The van der Waals surface area contributed by atoms with Crippen LogP contribution in [0.15, 0.2) is 42.9 Å². The topological polar surface area (TPSA) is 80.2 Å². The van der Waals surface area contributed by atoms with E-state index in [9.17, 15) is 4.79 Å². The Labute approximate surface area is 167 Å². The molecule has 1 aromatic carbocycles. The number of fused-ring (bicyclic) bond motifs is 1. The van der Waals surface area contributed by atoms with Gasteiger partial charge in [0.2, 0.25) is 5.91 Å². The Hall–Kier alpha value is -2.93. The number of carbonyl (C=O) groups excluding carboxylic acids is 1. The Morgan fingerprint density at radius 3 is 2.93 bits per heavy atom. The van der Waals surface area contributed by atoms with Crippen molar-refractivity contribution in [2.75, 3.05) is 30.4 Å². The third-order valence-electron chi connectivity index (χ3n) is 4.89. The molecule has 144 valence electrons. The lowest BCUT2D eigenvalue weighted by Crippen LogP contribution is -2.40. The number of nitrogens with one attached hydrogen (secondary N) is 1. The monoisotopic (exact) mass is 397 g/mol. The van der Waals surface area contributed by atoms with Crippen LogP contribution in [0.3, 0.4) is 0 Å². The van der Waals surface area contributed by atoms with Crippen molar-refractivity contribution in [1.82, 2.24) is 15.0 Å². The molecule has 0 unspecified atom stereocenters. The number of hydrogen-bond donors (Lipinski definition) is 1. The van der Waals surface area contributed by atoms with Crippen LogP contribution in [0, 0.1) is 5.92 Å². The van der Waals surface area contributed by atoms with E-state index in [1.54, 1.807) is 43.9 Å². The molecule has 1 N–H and O–H groups in total. The van der Waals surface area contributed by atoms with Crippen LogP contribution in [-0.4, -0.2) is 41.1 Å². The van der Waals surface area contributed by atoms with Crippen LogP contribution in [-0.2, 0) is 4.79 Å². The summed E-state index contributed by atoms with van der Waals surface area (Å²) in [4.78, 5) is 27.8. The molecule has 1 atom stereocenters. The van der Waals surface area contributed by atoms with Crippen LogP contribution in [0.1, 0.15) is 12.8 Å². The van der Waals surface area contributed by atoms with Gasteiger partial charge >= 0.3 is 0 Å². The van der Waals surface area contributed by atoms with Gasteiger partial charge in [0.05, 0.1) is 29.9 Å². The standard InChI is InChI=1S/C20H20ClN5O2/c1-28-18-5-4-14(9-16(18)21)25-20(27)13-3-2-8-26(12-13)15-10-17-19(24-11-15)23-7-6-22-17/h4-7,9-11,13H,2-3,8,12H2,1H3,(H,25,27)/t13-/m0/s1. The predicted octanol–water partition coefficient (Wildman–Crippen LogP) is 3.54. The second-order valence-electron chi connectivity index (χ2n) is 6.72. The second-order valence-corrected chi connectivity index (χ2v) is 7.12. The van der Waals surface area contributed by atoms with E-state index in [4.69, 9.17) is 16.3 Å². The van der Waals surface area contributed by atoms with Crippen molar-refractivity contribution in [2.45, 2.75) is 12.8 Å². The number of anilines is 2. The van der Waals surface area contributed by atoms with Crippen LogP contribution < -0.4 is 15.0 Å². The van der Waals surface area contributed by atoms with Gasteiger partial charge in [0.15, 0.2) is 5.65 Å². The van der Waals surface area contributed by atoms with Crippen LogP contribution in [0.2, 0.25) is 5.02 Å². The molecule has 28 heavy (non-hydrogen) atoms. The molecule has 1 fully saturated rings. The van der Waals surface area contributed by atoms with Gasteiger partial charge < -0.3 is 15.0 Å². The number of rotatable bonds is 4. The summed E-state index contributed by atoms with van der Waals surface area (Å²) >= 11 is 6.15. The smallest absolute Gasteiger partial charge is 0.229 e. The number of methoxy groups -OCH3 is 1. The van der Waals surface area contributed by atoms with E-state index >= 15 is 0 Å². The van der Waals surface area contributed by atoms with Gasteiger partial charge in [-0.15, -0.1) is 0 Å². The van der Waals surface area contributed by atoms with Crippen molar-refractivity contribution in [3.63, 3.8) is 0 Å². The Balaban J connectivity index is 1.46. The van der Waals surface area contributed by atoms with E-state index in [2.05, 4.69) is 25.2 Å². The molecule has 3 aromatic rings. The van der Waals surface area contributed by atoms with Gasteiger partial charge in [-0.1, -0.05) is 11.6 Å². The highest BCUT2D eigenvalue weighted by molar-refractivity contribution is 6.32. The highest BCUT2D eigenvalue weighted by Gasteiger charge is 2.26. The van der Waals surface area contributed by atoms with Gasteiger partial charge in [-0.2, -0.15) is 0 Å². The summed E-state index contributed by atoms with van der Waals surface area (Å²) in [7, 11) is 1.56. The first-order chi connectivity index (χ1) is 13.6. The number of aromatic nitrogens is 3. The number of ether oxygens (including phenoxy) is 1. The number of amides is 1. The first kappa shape index (κ1) is 18.4. The summed E-state index contributed by atoms with van der Waals surface area (Å²) in [5.41, 5.74) is 2.99. The van der Waals surface area contributed by atoms with E-state index < -0.39 is 0 Å². The lowest BCUT2D eigenvalue weighted by molar-refractivity contribution is -0.120. The van der Waals surface area contributed by atoms with Crippen molar-refractivity contribution < 1.29 is 9.53 Å². The Kier molecular flexibility index (Phi) is 5.25. The third kappa shape index (κ3) is 3.84. The van der Waals surface area contributed by atoms with Crippen molar-refractivity contribution in [2.24, 2.45) is 5.92 Å². The van der Waals surface area contributed by atoms with Gasteiger partial charge in [0.1, 0.15) is 11.3 Å². The zero-order chi connectivity index (χ0) is 19.5. The fourth-order valence-electron chi connectivity index (χ4n) is 3.43. The summed E-state index contributed by atoms with van der Waals surface area (Å²) in [5, 5.41) is 3.43. The molecular formula is C20H20ClN5O2. The molecule has 1 amide bonds. The zero-order valence-corrected chi connectivity index (χ0v) is 16.2. The molecule has 1 aliphatic rings. The number of benzene rings is 1. The summed E-state index contributed by atoms with van der Waals surface area (Å²) in [6, 6.07) is 7.20. The average Bonchev–Trinajstić information content (AvgIpc) is 2.73. The van der Waals surface area contributed by atoms with Gasteiger partial charge in [-0.3, -0.25) is 9.78 Å².